The number of tetrazole rings is 1. The fourth-order valence-corrected chi connectivity index (χ4v) is 4.50. The van der Waals surface area contributed by atoms with Crippen LogP contribution in [0.3, 0.4) is 0 Å². The predicted molar refractivity (Wildman–Crippen MR) is 137 cm³/mol. The van der Waals surface area contributed by atoms with E-state index in [4.69, 9.17) is 0 Å². The predicted octanol–water partition coefficient (Wildman–Crippen LogP) is 5.25. The zero-order valence-corrected chi connectivity index (χ0v) is 21.9. The molecule has 204 valence electrons. The first-order valence-corrected chi connectivity index (χ1v) is 12.6. The van der Waals surface area contributed by atoms with Gasteiger partial charge in [0.1, 0.15) is 18.4 Å². The lowest BCUT2D eigenvalue weighted by atomic mass is 9.99. The average molecular weight is 561 g/mol. The fraction of sp³-hybridized carbons (Fsp3) is 0.269. The van der Waals surface area contributed by atoms with Crippen LogP contribution in [0.15, 0.2) is 66.0 Å². The maximum absolute atomic E-state index is 14.1. The molecule has 0 bridgehead atoms. The molecule has 4 aromatic rings. The number of carbonyl (C=O) groups is 2. The number of rotatable bonds is 7. The Morgan fingerprint density at radius 2 is 1.72 bits per heavy atom. The largest absolute Gasteiger partial charge is 0.418 e. The summed E-state index contributed by atoms with van der Waals surface area (Å²) in [5.74, 6) is -2.05. The quantitative estimate of drug-likeness (QED) is 0.312. The Kier molecular flexibility index (Phi) is 7.82. The first kappa shape index (κ1) is 27.9. The highest BCUT2D eigenvalue weighted by Gasteiger charge is 2.41. The van der Waals surface area contributed by atoms with Gasteiger partial charge in [-0.15, -0.1) is 21.5 Å². The molecular formula is C26H24F4N6O2S. The zero-order chi connectivity index (χ0) is 28.4. The Balaban J connectivity index is 1.84. The second kappa shape index (κ2) is 10.9. The number of alkyl halides is 3. The number of hydrogen-bond acceptors (Lipinski definition) is 6. The number of nitrogens with one attached hydrogen (secondary N) is 1. The lowest BCUT2D eigenvalue weighted by Gasteiger charge is -2.35. The normalized spacial score (nSPS) is 12.7. The molecule has 0 radical (unpaired) electrons. The minimum atomic E-state index is -4.85. The number of nitrogens with zero attached hydrogens (tertiary/aromatic N) is 5. The molecule has 2 amide bonds. The summed E-state index contributed by atoms with van der Waals surface area (Å²) in [7, 11) is 0. The van der Waals surface area contributed by atoms with Crippen LogP contribution in [-0.4, -0.2) is 37.6 Å². The van der Waals surface area contributed by atoms with E-state index in [2.05, 4.69) is 20.7 Å². The summed E-state index contributed by atoms with van der Waals surface area (Å²) >= 11 is 1.35. The molecule has 4 rings (SSSR count). The van der Waals surface area contributed by atoms with Crippen LogP contribution in [0.25, 0.3) is 10.7 Å². The van der Waals surface area contributed by atoms with Gasteiger partial charge in [0.2, 0.25) is 11.7 Å². The highest BCUT2D eigenvalue weighted by molar-refractivity contribution is 7.13. The van der Waals surface area contributed by atoms with E-state index in [0.29, 0.717) is 4.88 Å². The minimum absolute atomic E-state index is 0.106. The van der Waals surface area contributed by atoms with E-state index in [0.717, 1.165) is 34.0 Å². The third-order valence-corrected chi connectivity index (χ3v) is 6.27. The molecule has 0 aliphatic rings. The van der Waals surface area contributed by atoms with Crippen molar-refractivity contribution in [1.29, 1.82) is 0 Å². The third-order valence-electron chi connectivity index (χ3n) is 5.40. The Hall–Kier alpha value is -4.13. The summed E-state index contributed by atoms with van der Waals surface area (Å²) in [4.78, 5) is 29.8. The number of amides is 2. The number of thiophene rings is 1. The van der Waals surface area contributed by atoms with E-state index in [1.165, 1.54) is 35.6 Å². The van der Waals surface area contributed by atoms with Gasteiger partial charge in [0, 0.05) is 5.54 Å². The second-order valence-electron chi connectivity index (χ2n) is 9.59. The highest BCUT2D eigenvalue weighted by atomic mass is 32.1. The maximum Gasteiger partial charge on any atom is 0.418 e. The van der Waals surface area contributed by atoms with Crippen LogP contribution in [0, 0.1) is 5.82 Å². The Labute approximate surface area is 225 Å². The standard InChI is InChI=1S/C26H24F4N6O2S/c1-25(2,3)31-24(38)22(16-10-12-17(27)13-11-16)36(19-8-5-4-7-18(19)26(28,29)30)21(37)15-35-33-23(32-34-35)20-9-6-14-39-20/h4-14,22H,15H2,1-3H3,(H,31,38)/t22-/m1/s1. The molecule has 8 nitrogen and oxygen atoms in total. The smallest absolute Gasteiger partial charge is 0.349 e. The van der Waals surface area contributed by atoms with Crippen molar-refractivity contribution in [2.45, 2.75) is 45.1 Å². The van der Waals surface area contributed by atoms with E-state index >= 15 is 0 Å². The van der Waals surface area contributed by atoms with Gasteiger partial charge in [0.15, 0.2) is 0 Å². The van der Waals surface area contributed by atoms with Crippen molar-refractivity contribution in [3.63, 3.8) is 0 Å². The molecule has 13 heteroatoms. The van der Waals surface area contributed by atoms with Gasteiger partial charge < -0.3 is 5.32 Å². The van der Waals surface area contributed by atoms with Gasteiger partial charge >= 0.3 is 6.18 Å². The molecule has 0 saturated heterocycles. The van der Waals surface area contributed by atoms with Crippen LogP contribution < -0.4 is 10.2 Å². The van der Waals surface area contributed by atoms with Crippen LogP contribution in [0.1, 0.15) is 37.9 Å². The molecule has 2 aromatic heterocycles. The number of aromatic nitrogens is 4. The lowest BCUT2D eigenvalue weighted by molar-refractivity contribution is -0.137. The number of para-hydroxylation sites is 1. The van der Waals surface area contributed by atoms with Gasteiger partial charge in [-0.25, -0.2) is 4.39 Å². The Bertz CT molecular complexity index is 1450. The van der Waals surface area contributed by atoms with Crippen molar-refractivity contribution in [2.75, 3.05) is 4.90 Å². The number of hydrogen-bond donors (Lipinski definition) is 1. The van der Waals surface area contributed by atoms with E-state index < -0.39 is 53.2 Å². The van der Waals surface area contributed by atoms with E-state index in [1.54, 1.807) is 38.3 Å². The van der Waals surface area contributed by atoms with Crippen LogP contribution >= 0.6 is 11.3 Å². The van der Waals surface area contributed by atoms with Crippen LogP contribution in [0.5, 0.6) is 0 Å². The van der Waals surface area contributed by atoms with Gasteiger partial charge in [-0.1, -0.05) is 30.3 Å². The second-order valence-corrected chi connectivity index (χ2v) is 10.5. The number of anilines is 1. The van der Waals surface area contributed by atoms with Crippen molar-refractivity contribution in [1.82, 2.24) is 25.5 Å². The van der Waals surface area contributed by atoms with Crippen LogP contribution in [0.4, 0.5) is 23.2 Å². The molecule has 0 aliphatic carbocycles. The minimum Gasteiger partial charge on any atom is -0.349 e. The molecule has 1 atom stereocenters. The van der Waals surface area contributed by atoms with Crippen molar-refractivity contribution < 1.29 is 27.2 Å². The monoisotopic (exact) mass is 560 g/mol. The van der Waals surface area contributed by atoms with E-state index in [-0.39, 0.29) is 11.4 Å². The van der Waals surface area contributed by atoms with Crippen molar-refractivity contribution in [3.05, 3.63) is 83.0 Å². The van der Waals surface area contributed by atoms with Gasteiger partial charge in [-0.05, 0) is 67.3 Å². The van der Waals surface area contributed by atoms with Gasteiger partial charge in [0.25, 0.3) is 5.91 Å². The van der Waals surface area contributed by atoms with Crippen LogP contribution in [-0.2, 0) is 22.3 Å². The Morgan fingerprint density at radius 3 is 2.33 bits per heavy atom. The summed E-state index contributed by atoms with van der Waals surface area (Å²) < 4.78 is 56.1. The van der Waals surface area contributed by atoms with E-state index in [9.17, 15) is 27.2 Å². The number of carbonyl (C=O) groups excluding carboxylic acids is 2. The first-order chi connectivity index (χ1) is 18.3. The van der Waals surface area contributed by atoms with Gasteiger partial charge in [-0.3, -0.25) is 14.5 Å². The van der Waals surface area contributed by atoms with Gasteiger partial charge in [0.05, 0.1) is 16.1 Å². The molecule has 39 heavy (non-hydrogen) atoms. The Morgan fingerprint density at radius 1 is 1.03 bits per heavy atom. The SMILES string of the molecule is CC(C)(C)NC(=O)[C@@H](c1ccc(F)cc1)N(C(=O)Cn1nnc(-c2cccs2)n1)c1ccccc1C(F)(F)F. The molecule has 0 aliphatic heterocycles. The third kappa shape index (κ3) is 6.66. The molecule has 0 saturated carbocycles. The summed E-state index contributed by atoms with van der Waals surface area (Å²) in [5.41, 5.74) is -2.36. The maximum atomic E-state index is 14.1. The summed E-state index contributed by atoms with van der Waals surface area (Å²) in [6, 6.07) is 11.0. The molecule has 0 unspecified atom stereocenters. The summed E-state index contributed by atoms with van der Waals surface area (Å²) in [5, 5.41) is 16.5. The van der Waals surface area contributed by atoms with Gasteiger partial charge in [-0.2, -0.15) is 18.0 Å². The molecular weight excluding hydrogens is 536 g/mol. The number of benzene rings is 2. The van der Waals surface area contributed by atoms with Crippen molar-refractivity contribution in [3.8, 4) is 10.7 Å². The summed E-state index contributed by atoms with van der Waals surface area (Å²) in [6.07, 6.45) is -4.85. The average Bonchev–Trinajstić information content (AvgIpc) is 3.54. The van der Waals surface area contributed by atoms with Crippen molar-refractivity contribution in [2.24, 2.45) is 0 Å². The lowest BCUT2D eigenvalue weighted by Crippen LogP contribution is -2.50. The molecule has 2 aromatic carbocycles. The molecule has 2 heterocycles. The highest BCUT2D eigenvalue weighted by Crippen LogP contribution is 2.40. The van der Waals surface area contributed by atoms with E-state index in [1.807, 2.05) is 0 Å². The first-order valence-electron chi connectivity index (χ1n) is 11.7. The molecule has 0 fully saturated rings. The van der Waals surface area contributed by atoms with Crippen molar-refractivity contribution >= 4 is 28.8 Å². The molecule has 1 N–H and O–H groups in total. The summed E-state index contributed by atoms with van der Waals surface area (Å²) in [6.45, 7) is 4.45. The molecule has 0 spiro atoms. The zero-order valence-electron chi connectivity index (χ0n) is 21.1. The number of halogens is 4. The topological polar surface area (TPSA) is 93.0 Å². The van der Waals surface area contributed by atoms with Crippen LogP contribution in [0.2, 0.25) is 0 Å². The fourth-order valence-electron chi connectivity index (χ4n) is 3.85.